The molecule has 0 spiro atoms. The Kier molecular flexibility index (Phi) is 13.8. The average molecular weight is 456 g/mol. The molecule has 0 saturated carbocycles. The van der Waals surface area contributed by atoms with Gasteiger partial charge in [0.25, 0.3) is 0 Å². The summed E-state index contributed by atoms with van der Waals surface area (Å²) in [6.45, 7) is 5.42. The van der Waals surface area contributed by atoms with Gasteiger partial charge < -0.3 is 43.7 Å². The molecule has 0 aliphatic rings. The first kappa shape index (κ1) is 28.6. The molecule has 0 saturated heterocycles. The van der Waals surface area contributed by atoms with E-state index in [2.05, 4.69) is 25.9 Å². The number of guanidine groups is 2. The third-order valence-corrected chi connectivity index (χ3v) is 4.35. The first-order valence-corrected chi connectivity index (χ1v) is 10.4. The van der Waals surface area contributed by atoms with Gasteiger partial charge in [-0.05, 0) is 31.6 Å². The summed E-state index contributed by atoms with van der Waals surface area (Å²) < 4.78 is 0. The lowest BCUT2D eigenvalue weighted by Crippen LogP contribution is -2.56. The second kappa shape index (κ2) is 15.4. The van der Waals surface area contributed by atoms with Gasteiger partial charge in [0.1, 0.15) is 18.4 Å². The van der Waals surface area contributed by atoms with E-state index < -0.39 is 29.9 Å². The summed E-state index contributed by atoms with van der Waals surface area (Å²) in [4.78, 5) is 56.0. The average Bonchev–Trinajstić information content (AvgIpc) is 2.69. The zero-order chi connectivity index (χ0) is 24.7. The predicted molar refractivity (Wildman–Crippen MR) is 122 cm³/mol. The molecule has 13 heteroatoms. The molecule has 3 atom stereocenters. The predicted octanol–water partition coefficient (Wildman–Crippen LogP) is -2.58. The Balaban J connectivity index is 5.04. The van der Waals surface area contributed by atoms with Crippen LogP contribution in [0, 0.1) is 5.92 Å². The van der Waals surface area contributed by atoms with Crippen molar-refractivity contribution in [1.82, 2.24) is 16.0 Å². The number of hydrogen-bond donors (Lipinski definition) is 7. The number of amides is 3. The third kappa shape index (κ3) is 13.0. The number of nitrogens with zero attached hydrogens (tertiary/aromatic N) is 2. The number of nitrogens with one attached hydrogen (secondary N) is 3. The van der Waals surface area contributed by atoms with Crippen LogP contribution in [-0.4, -0.2) is 67.1 Å². The summed E-state index contributed by atoms with van der Waals surface area (Å²) in [7, 11) is 0. The van der Waals surface area contributed by atoms with Crippen molar-refractivity contribution in [2.45, 2.75) is 64.6 Å². The first-order chi connectivity index (χ1) is 15.0. The van der Waals surface area contributed by atoms with E-state index in [1.165, 1.54) is 6.92 Å². The number of aliphatic imine (C=N–C) groups is 2. The summed E-state index contributed by atoms with van der Waals surface area (Å²) >= 11 is 0. The SMILES string of the molecule is CC(=O)N[C@@H](CCCN=C(N)N)C(=O)N[C@H](C(=O)N[C@H](C=O)CCCN=C(N)N)C(C)C. The topological polar surface area (TPSA) is 233 Å². The summed E-state index contributed by atoms with van der Waals surface area (Å²) in [5.41, 5.74) is 21.1. The van der Waals surface area contributed by atoms with Crippen LogP contribution < -0.4 is 38.9 Å². The Labute approximate surface area is 188 Å². The number of carbonyl (C=O) groups excluding carboxylic acids is 4. The molecular weight excluding hydrogens is 418 g/mol. The molecule has 0 aromatic rings. The van der Waals surface area contributed by atoms with Crippen molar-refractivity contribution in [3.05, 3.63) is 0 Å². The largest absolute Gasteiger partial charge is 0.370 e. The molecule has 0 fully saturated rings. The maximum Gasteiger partial charge on any atom is 0.243 e. The molecule has 0 aromatic heterocycles. The molecule has 182 valence electrons. The lowest BCUT2D eigenvalue weighted by Gasteiger charge is -2.26. The minimum Gasteiger partial charge on any atom is -0.370 e. The highest BCUT2D eigenvalue weighted by molar-refractivity contribution is 5.92. The molecule has 0 bridgehead atoms. The highest BCUT2D eigenvalue weighted by Gasteiger charge is 2.29. The van der Waals surface area contributed by atoms with Crippen molar-refractivity contribution in [2.75, 3.05) is 13.1 Å². The van der Waals surface area contributed by atoms with Gasteiger partial charge in [0, 0.05) is 20.0 Å². The maximum absolute atomic E-state index is 12.8. The van der Waals surface area contributed by atoms with E-state index in [0.29, 0.717) is 38.6 Å². The standard InChI is InChI=1S/C19H37N9O4/c1-11(2)15(17(32)27-13(10-29)6-4-8-24-18(20)21)28-16(31)14(26-12(3)30)7-5-9-25-19(22)23/h10-11,13-15H,4-9H2,1-3H3,(H,26,30)(H,27,32)(H,28,31)(H4,20,21,24)(H4,22,23,25)/t13-,14-,15-/m0/s1. The number of rotatable bonds is 15. The van der Waals surface area contributed by atoms with Crippen LogP contribution in [0.4, 0.5) is 0 Å². The first-order valence-electron chi connectivity index (χ1n) is 10.4. The maximum atomic E-state index is 12.8. The van der Waals surface area contributed by atoms with Crippen LogP contribution in [0.1, 0.15) is 46.5 Å². The van der Waals surface area contributed by atoms with Crippen LogP contribution in [0.15, 0.2) is 9.98 Å². The van der Waals surface area contributed by atoms with Gasteiger partial charge in [-0.25, -0.2) is 0 Å². The molecule has 0 aliphatic heterocycles. The monoisotopic (exact) mass is 455 g/mol. The molecule has 3 amide bonds. The van der Waals surface area contributed by atoms with Crippen LogP contribution in [0.25, 0.3) is 0 Å². The highest BCUT2D eigenvalue weighted by Crippen LogP contribution is 2.06. The van der Waals surface area contributed by atoms with E-state index in [9.17, 15) is 19.2 Å². The molecule has 0 unspecified atom stereocenters. The summed E-state index contributed by atoms with van der Waals surface area (Å²) in [6.07, 6.45) is 2.16. The van der Waals surface area contributed by atoms with Gasteiger partial charge >= 0.3 is 0 Å². The summed E-state index contributed by atoms with van der Waals surface area (Å²) in [5.74, 6) is -1.80. The smallest absolute Gasteiger partial charge is 0.243 e. The van der Waals surface area contributed by atoms with Gasteiger partial charge in [0.2, 0.25) is 17.7 Å². The molecular formula is C19H37N9O4. The van der Waals surface area contributed by atoms with Crippen LogP contribution >= 0.6 is 0 Å². The van der Waals surface area contributed by atoms with Crippen LogP contribution in [0.3, 0.4) is 0 Å². The van der Waals surface area contributed by atoms with Crippen molar-refractivity contribution in [2.24, 2.45) is 38.8 Å². The Morgan fingerprint density at radius 2 is 1.38 bits per heavy atom. The fraction of sp³-hybridized carbons (Fsp3) is 0.684. The van der Waals surface area contributed by atoms with Gasteiger partial charge in [-0.1, -0.05) is 13.8 Å². The molecule has 32 heavy (non-hydrogen) atoms. The second-order valence-corrected chi connectivity index (χ2v) is 7.63. The number of carbonyl (C=O) groups is 4. The Morgan fingerprint density at radius 1 is 0.844 bits per heavy atom. The molecule has 11 N–H and O–H groups in total. The van der Waals surface area contributed by atoms with Crippen molar-refractivity contribution < 1.29 is 19.2 Å². The van der Waals surface area contributed by atoms with Crippen molar-refractivity contribution in [3.8, 4) is 0 Å². The Morgan fingerprint density at radius 3 is 1.81 bits per heavy atom. The zero-order valence-electron chi connectivity index (χ0n) is 19.0. The minimum atomic E-state index is -0.906. The number of nitrogens with two attached hydrogens (primary N) is 4. The lowest BCUT2D eigenvalue weighted by atomic mass is 10.0. The number of aldehydes is 1. The van der Waals surface area contributed by atoms with Crippen molar-refractivity contribution in [1.29, 1.82) is 0 Å². The molecule has 0 rings (SSSR count). The molecule has 0 radical (unpaired) electrons. The molecule has 0 aromatic carbocycles. The van der Waals surface area contributed by atoms with Crippen molar-refractivity contribution >= 4 is 35.9 Å². The van der Waals surface area contributed by atoms with E-state index in [1.807, 2.05) is 0 Å². The summed E-state index contributed by atoms with van der Waals surface area (Å²) in [5, 5.41) is 7.85. The van der Waals surface area contributed by atoms with E-state index in [-0.39, 0.29) is 30.2 Å². The normalized spacial score (nSPS) is 13.2. The summed E-state index contributed by atoms with van der Waals surface area (Å²) in [6, 6.07) is -2.52. The molecule has 13 nitrogen and oxygen atoms in total. The fourth-order valence-corrected chi connectivity index (χ4v) is 2.77. The van der Waals surface area contributed by atoms with Crippen LogP contribution in [-0.2, 0) is 19.2 Å². The Hall–Kier alpha value is -3.38. The van der Waals surface area contributed by atoms with E-state index >= 15 is 0 Å². The third-order valence-electron chi connectivity index (χ3n) is 4.35. The van der Waals surface area contributed by atoms with Crippen LogP contribution in [0.5, 0.6) is 0 Å². The zero-order valence-corrected chi connectivity index (χ0v) is 19.0. The van der Waals surface area contributed by atoms with Gasteiger partial charge in [-0.2, -0.15) is 0 Å². The molecule has 0 aliphatic carbocycles. The molecule has 0 heterocycles. The Bertz CT molecular complexity index is 686. The number of hydrogen-bond acceptors (Lipinski definition) is 6. The van der Waals surface area contributed by atoms with E-state index in [4.69, 9.17) is 22.9 Å². The van der Waals surface area contributed by atoms with Crippen molar-refractivity contribution in [3.63, 3.8) is 0 Å². The van der Waals surface area contributed by atoms with Gasteiger partial charge in [0.15, 0.2) is 11.9 Å². The highest BCUT2D eigenvalue weighted by atomic mass is 16.2. The van der Waals surface area contributed by atoms with E-state index in [1.54, 1.807) is 13.8 Å². The van der Waals surface area contributed by atoms with Crippen LogP contribution in [0.2, 0.25) is 0 Å². The second-order valence-electron chi connectivity index (χ2n) is 7.63. The quantitative estimate of drug-likeness (QED) is 0.0598. The van der Waals surface area contributed by atoms with Gasteiger partial charge in [-0.3, -0.25) is 24.4 Å². The lowest BCUT2D eigenvalue weighted by molar-refractivity contribution is -0.133. The van der Waals surface area contributed by atoms with Gasteiger partial charge in [0.05, 0.1) is 6.04 Å². The van der Waals surface area contributed by atoms with Gasteiger partial charge in [-0.15, -0.1) is 0 Å². The fourth-order valence-electron chi connectivity index (χ4n) is 2.77. The minimum absolute atomic E-state index is 0.0497. The van der Waals surface area contributed by atoms with E-state index in [0.717, 1.165) is 0 Å².